The third-order valence-corrected chi connectivity index (χ3v) is 8.78. The van der Waals surface area contributed by atoms with E-state index >= 15 is 4.39 Å². The highest BCUT2D eigenvalue weighted by molar-refractivity contribution is 7.57. The van der Waals surface area contributed by atoms with Gasteiger partial charge in [-0.3, -0.25) is 9.56 Å². The van der Waals surface area contributed by atoms with Crippen molar-refractivity contribution in [2.24, 2.45) is 4.99 Å². The summed E-state index contributed by atoms with van der Waals surface area (Å²) in [6, 6.07) is 16.7. The summed E-state index contributed by atoms with van der Waals surface area (Å²) in [5.41, 5.74) is 0.602. The molecule has 2 atom stereocenters. The number of hydrogen-bond donors (Lipinski definition) is 0. The summed E-state index contributed by atoms with van der Waals surface area (Å²) in [6.45, 7) is 7.43. The van der Waals surface area contributed by atoms with Crippen LogP contribution >= 0.6 is 18.7 Å². The van der Waals surface area contributed by atoms with E-state index in [1.807, 2.05) is 29.6 Å². The van der Waals surface area contributed by atoms with E-state index in [2.05, 4.69) is 21.8 Å². The van der Waals surface area contributed by atoms with E-state index in [0.29, 0.717) is 16.4 Å². The molecule has 1 unspecified atom stereocenters. The standard InChI is InChI=1S/C32H30F2N5O5PS/c1-21(30-38-28(16-46-30)22-9-12-24(35-2)13-10-22)32(17-39-19-36-18-37-39,26-14-11-23(33)15-27(26)34)43-20-42-31(40)25-7-5-6-8-29(25)44-45(3,4)41/h5-16,18-19,21H,2,17,20H2,1,3-4H3/t21-,32?/m0/s1. The molecule has 0 radical (unpaired) electrons. The normalized spacial score (nSPS) is 13.5. The molecule has 0 aliphatic rings. The van der Waals surface area contributed by atoms with Gasteiger partial charge in [0, 0.05) is 41.8 Å². The number of hydrogen-bond acceptors (Lipinski definition) is 10. The van der Waals surface area contributed by atoms with Crippen molar-refractivity contribution < 1.29 is 32.1 Å². The molecule has 0 aliphatic heterocycles. The largest absolute Gasteiger partial charge is 0.442 e. The van der Waals surface area contributed by atoms with Gasteiger partial charge in [0.05, 0.1) is 22.9 Å². The molecular weight excluding hydrogens is 635 g/mol. The maximum atomic E-state index is 15.7. The summed E-state index contributed by atoms with van der Waals surface area (Å²) in [7, 11) is -3.00. The molecule has 0 spiro atoms. The second-order valence-electron chi connectivity index (χ2n) is 10.6. The summed E-state index contributed by atoms with van der Waals surface area (Å²) in [6.07, 6.45) is 2.75. The highest BCUT2D eigenvalue weighted by Gasteiger charge is 2.45. The Morgan fingerprint density at radius 3 is 2.57 bits per heavy atom. The zero-order valence-corrected chi connectivity index (χ0v) is 26.9. The lowest BCUT2D eigenvalue weighted by molar-refractivity contribution is -0.148. The average molecular weight is 666 g/mol. The van der Waals surface area contributed by atoms with Crippen molar-refractivity contribution in [1.82, 2.24) is 19.7 Å². The molecule has 0 N–H and O–H groups in total. The fourth-order valence-electron chi connectivity index (χ4n) is 4.87. The van der Waals surface area contributed by atoms with Crippen molar-refractivity contribution in [3.05, 3.63) is 113 Å². The zero-order valence-electron chi connectivity index (χ0n) is 25.2. The van der Waals surface area contributed by atoms with Crippen molar-refractivity contribution in [2.75, 3.05) is 20.1 Å². The minimum atomic E-state index is -3.00. The van der Waals surface area contributed by atoms with Crippen LogP contribution in [0.4, 0.5) is 14.5 Å². The quantitative estimate of drug-likeness (QED) is 0.0551. The summed E-state index contributed by atoms with van der Waals surface area (Å²) in [5, 5.41) is 6.63. The number of ether oxygens (including phenoxy) is 2. The monoisotopic (exact) mass is 665 g/mol. The average Bonchev–Trinajstić information content (AvgIpc) is 3.73. The number of thiazole rings is 1. The number of halogens is 2. The van der Waals surface area contributed by atoms with E-state index in [-0.39, 0.29) is 23.4 Å². The summed E-state index contributed by atoms with van der Waals surface area (Å²) in [4.78, 5) is 26.0. The molecule has 0 aliphatic carbocycles. The van der Waals surface area contributed by atoms with Gasteiger partial charge in [-0.25, -0.2) is 28.2 Å². The number of aliphatic imine (C=N–C) groups is 1. The molecule has 238 valence electrons. The highest BCUT2D eigenvalue weighted by Crippen LogP contribution is 2.45. The molecule has 0 saturated heterocycles. The number of carbonyl (C=O) groups excluding carboxylic acids is 1. The number of nitrogens with zero attached hydrogens (tertiary/aromatic N) is 5. The van der Waals surface area contributed by atoms with Crippen molar-refractivity contribution >= 4 is 37.1 Å². The van der Waals surface area contributed by atoms with E-state index < -0.39 is 43.3 Å². The van der Waals surface area contributed by atoms with Gasteiger partial charge in [0.25, 0.3) is 0 Å². The summed E-state index contributed by atoms with van der Waals surface area (Å²) >= 11 is 1.33. The lowest BCUT2D eigenvalue weighted by Gasteiger charge is -2.38. The van der Waals surface area contributed by atoms with E-state index in [1.165, 1.54) is 60.2 Å². The van der Waals surface area contributed by atoms with E-state index in [9.17, 15) is 13.8 Å². The Bertz CT molecular complexity index is 1880. The molecule has 3 aromatic carbocycles. The van der Waals surface area contributed by atoms with Crippen LogP contribution in [-0.2, 0) is 26.2 Å². The van der Waals surface area contributed by atoms with E-state index in [1.54, 1.807) is 19.1 Å². The van der Waals surface area contributed by atoms with Crippen LogP contribution in [0.1, 0.15) is 33.8 Å². The molecule has 0 saturated carbocycles. The first-order valence-electron chi connectivity index (χ1n) is 13.9. The predicted octanol–water partition coefficient (Wildman–Crippen LogP) is 7.46. The number of rotatable bonds is 13. The van der Waals surface area contributed by atoms with Gasteiger partial charge in [0.15, 0.2) is 6.79 Å². The van der Waals surface area contributed by atoms with Crippen molar-refractivity contribution in [3.8, 4) is 17.0 Å². The smallest absolute Gasteiger partial charge is 0.344 e. The fourth-order valence-corrected chi connectivity index (χ4v) is 6.46. The van der Waals surface area contributed by atoms with Crippen molar-refractivity contribution in [3.63, 3.8) is 0 Å². The summed E-state index contributed by atoms with van der Waals surface area (Å²) < 4.78 is 61.0. The number of esters is 1. The van der Waals surface area contributed by atoms with Crippen LogP contribution < -0.4 is 4.52 Å². The molecule has 0 bridgehead atoms. The molecule has 10 nitrogen and oxygen atoms in total. The SMILES string of the molecule is C=Nc1ccc(-c2csc([C@H](C)C(Cn3cncn3)(OCOC(=O)c3ccccc3OP(C)(C)=O)c3ccc(F)cc3F)n2)cc1. The Morgan fingerprint density at radius 1 is 1.13 bits per heavy atom. The molecule has 5 aromatic rings. The van der Waals surface area contributed by atoms with Gasteiger partial charge in [-0.05, 0) is 37.0 Å². The molecule has 0 fully saturated rings. The van der Waals surface area contributed by atoms with Crippen LogP contribution in [0.15, 0.2) is 89.8 Å². The predicted molar refractivity (Wildman–Crippen MR) is 171 cm³/mol. The van der Waals surface area contributed by atoms with E-state index in [4.69, 9.17) is 19.0 Å². The van der Waals surface area contributed by atoms with Gasteiger partial charge in [-0.1, -0.05) is 37.3 Å². The molecule has 2 heterocycles. The Morgan fingerprint density at radius 2 is 1.89 bits per heavy atom. The van der Waals surface area contributed by atoms with Gasteiger partial charge in [-0.15, -0.1) is 11.3 Å². The molecule has 5 rings (SSSR count). The maximum Gasteiger partial charge on any atom is 0.344 e. The maximum absolute atomic E-state index is 15.7. The van der Waals surface area contributed by atoms with Crippen LogP contribution in [0.3, 0.4) is 0 Å². The molecule has 2 aromatic heterocycles. The van der Waals surface area contributed by atoms with Gasteiger partial charge in [0.2, 0.25) is 7.37 Å². The molecule has 0 amide bonds. The molecule has 14 heteroatoms. The second kappa shape index (κ2) is 13.8. The summed E-state index contributed by atoms with van der Waals surface area (Å²) in [5.74, 6) is -3.07. The minimum Gasteiger partial charge on any atom is -0.442 e. The van der Waals surface area contributed by atoms with Crippen LogP contribution in [0.25, 0.3) is 11.3 Å². The first-order chi connectivity index (χ1) is 22.0. The number of para-hydroxylation sites is 1. The first kappa shape index (κ1) is 32.8. The van der Waals surface area contributed by atoms with Crippen molar-refractivity contribution in [1.29, 1.82) is 0 Å². The van der Waals surface area contributed by atoms with Crippen molar-refractivity contribution in [2.45, 2.75) is 25.0 Å². The number of aromatic nitrogens is 4. The third kappa shape index (κ3) is 7.44. The Balaban J connectivity index is 1.52. The number of benzene rings is 3. The van der Waals surface area contributed by atoms with Gasteiger partial charge in [-0.2, -0.15) is 5.10 Å². The fraction of sp³-hybridized carbons (Fsp3) is 0.219. The lowest BCUT2D eigenvalue weighted by Crippen LogP contribution is -2.42. The van der Waals surface area contributed by atoms with Crippen LogP contribution in [0.2, 0.25) is 0 Å². The minimum absolute atomic E-state index is 0.00672. The van der Waals surface area contributed by atoms with Crippen LogP contribution in [0.5, 0.6) is 5.75 Å². The van der Waals surface area contributed by atoms with Gasteiger partial charge >= 0.3 is 5.97 Å². The topological polar surface area (TPSA) is 118 Å². The lowest BCUT2D eigenvalue weighted by atomic mass is 9.81. The Kier molecular flexibility index (Phi) is 9.85. The van der Waals surface area contributed by atoms with Gasteiger partial charge < -0.3 is 14.0 Å². The van der Waals surface area contributed by atoms with E-state index in [0.717, 1.165) is 17.7 Å². The third-order valence-electron chi connectivity index (χ3n) is 7.12. The molecular formula is C32H30F2N5O5PS. The number of carbonyl (C=O) groups is 1. The van der Waals surface area contributed by atoms with Crippen LogP contribution in [0, 0.1) is 11.6 Å². The second-order valence-corrected chi connectivity index (χ2v) is 14.2. The van der Waals surface area contributed by atoms with Crippen LogP contribution in [-0.4, -0.2) is 52.6 Å². The highest BCUT2D eigenvalue weighted by atomic mass is 32.1. The first-order valence-corrected chi connectivity index (χ1v) is 17.3. The van der Waals surface area contributed by atoms with Gasteiger partial charge in [0.1, 0.15) is 41.2 Å². The molecule has 46 heavy (non-hydrogen) atoms. The Hall–Kier alpha value is -4.58. The Labute approximate surface area is 268 Å². The zero-order chi connectivity index (χ0) is 32.9.